The van der Waals surface area contributed by atoms with Gasteiger partial charge in [0.25, 0.3) is 0 Å². The Bertz CT molecular complexity index is 572. The summed E-state index contributed by atoms with van der Waals surface area (Å²) in [4.78, 5) is 22.9. The molecule has 0 aliphatic rings. The van der Waals surface area contributed by atoms with Crippen molar-refractivity contribution in [2.24, 2.45) is 0 Å². The first-order chi connectivity index (χ1) is 10.2. The van der Waals surface area contributed by atoms with Crippen molar-refractivity contribution in [3.8, 4) is 0 Å². The van der Waals surface area contributed by atoms with Crippen LogP contribution in [0, 0.1) is 0 Å². The number of nitrogen functional groups attached to an aromatic ring is 1. The van der Waals surface area contributed by atoms with Crippen molar-refractivity contribution in [1.82, 2.24) is 5.32 Å². The summed E-state index contributed by atoms with van der Waals surface area (Å²) in [6.45, 7) is 7.43. The number of ketones is 1. The van der Waals surface area contributed by atoms with Crippen LogP contribution in [0.5, 0.6) is 0 Å². The van der Waals surface area contributed by atoms with Crippen LogP contribution >= 0.6 is 0 Å². The van der Waals surface area contributed by atoms with Gasteiger partial charge in [0, 0.05) is 17.8 Å². The largest absolute Gasteiger partial charge is 0.444 e. The van der Waals surface area contributed by atoms with Crippen molar-refractivity contribution in [3.05, 3.63) is 35.4 Å². The summed E-state index contributed by atoms with van der Waals surface area (Å²) < 4.78 is 5.13. The van der Waals surface area contributed by atoms with Crippen LogP contribution in [0.4, 0.5) is 10.5 Å². The number of benzene rings is 1. The van der Waals surface area contributed by atoms with Crippen molar-refractivity contribution >= 4 is 23.6 Å². The highest BCUT2D eigenvalue weighted by atomic mass is 16.6. The van der Waals surface area contributed by atoms with Crippen LogP contribution in [-0.2, 0) is 4.74 Å². The molecule has 5 nitrogen and oxygen atoms in total. The van der Waals surface area contributed by atoms with Gasteiger partial charge in [-0.2, -0.15) is 0 Å². The molecule has 0 saturated carbocycles. The Balaban J connectivity index is 2.45. The number of rotatable bonds is 5. The Hall–Kier alpha value is -2.30. The number of nitrogens with two attached hydrogens (primary N) is 1. The first kappa shape index (κ1) is 17.8. The zero-order valence-corrected chi connectivity index (χ0v) is 13.6. The number of nitrogens with one attached hydrogen (secondary N) is 1. The third-order valence-corrected chi connectivity index (χ3v) is 2.75. The second-order valence-corrected chi connectivity index (χ2v) is 6.02. The van der Waals surface area contributed by atoms with Gasteiger partial charge in [0.15, 0.2) is 5.78 Å². The third kappa shape index (κ3) is 6.43. The highest BCUT2D eigenvalue weighted by molar-refractivity contribution is 5.99. The number of carbonyl (C=O) groups is 2. The average molecular weight is 304 g/mol. The number of hydrogen-bond acceptors (Lipinski definition) is 4. The SMILES string of the molecule is CC(=O)c1cc(C=CCCNC(=O)OC(C)(C)C)ccc1N. The van der Waals surface area contributed by atoms with E-state index in [4.69, 9.17) is 10.5 Å². The number of alkyl carbamates (subject to hydrolysis) is 1. The van der Waals surface area contributed by atoms with Gasteiger partial charge in [-0.3, -0.25) is 4.79 Å². The van der Waals surface area contributed by atoms with Gasteiger partial charge in [-0.1, -0.05) is 18.2 Å². The Morgan fingerprint density at radius 1 is 1.32 bits per heavy atom. The Kier molecular flexibility index (Phi) is 6.16. The van der Waals surface area contributed by atoms with Crippen LogP contribution in [0.3, 0.4) is 0 Å². The van der Waals surface area contributed by atoms with Gasteiger partial charge in [0.1, 0.15) is 5.60 Å². The van der Waals surface area contributed by atoms with Crippen LogP contribution in [0.2, 0.25) is 0 Å². The number of amides is 1. The number of ether oxygens (including phenoxy) is 1. The molecule has 0 aliphatic heterocycles. The topological polar surface area (TPSA) is 81.4 Å². The molecule has 5 heteroatoms. The number of hydrogen-bond donors (Lipinski definition) is 2. The predicted octanol–water partition coefficient (Wildman–Crippen LogP) is 3.40. The molecule has 1 amide bonds. The van der Waals surface area contributed by atoms with Crippen molar-refractivity contribution in [3.63, 3.8) is 0 Å². The Morgan fingerprint density at radius 3 is 2.59 bits per heavy atom. The minimum atomic E-state index is -0.493. The molecule has 120 valence electrons. The maximum Gasteiger partial charge on any atom is 0.407 e. The van der Waals surface area contributed by atoms with Gasteiger partial charge < -0.3 is 15.8 Å². The Labute approximate surface area is 131 Å². The zero-order valence-electron chi connectivity index (χ0n) is 13.6. The quantitative estimate of drug-likeness (QED) is 0.496. The van der Waals surface area contributed by atoms with Crippen LogP contribution in [0.15, 0.2) is 24.3 Å². The molecule has 1 aromatic rings. The molecule has 22 heavy (non-hydrogen) atoms. The predicted molar refractivity (Wildman–Crippen MR) is 88.7 cm³/mol. The molecule has 0 saturated heterocycles. The van der Waals surface area contributed by atoms with E-state index >= 15 is 0 Å². The van der Waals surface area contributed by atoms with E-state index in [1.807, 2.05) is 39.0 Å². The number of anilines is 1. The fourth-order valence-corrected chi connectivity index (χ4v) is 1.77. The molecule has 0 atom stereocenters. The van der Waals surface area contributed by atoms with E-state index in [1.165, 1.54) is 6.92 Å². The van der Waals surface area contributed by atoms with E-state index in [0.717, 1.165) is 5.56 Å². The summed E-state index contributed by atoms with van der Waals surface area (Å²) in [5.74, 6) is -0.0562. The number of carbonyl (C=O) groups excluding carboxylic acids is 2. The standard InChI is InChI=1S/C17H24N2O3/c1-12(20)14-11-13(8-9-15(14)18)7-5-6-10-19-16(21)22-17(2,3)4/h5,7-9,11H,6,10,18H2,1-4H3,(H,19,21). The van der Waals surface area contributed by atoms with E-state index in [0.29, 0.717) is 24.2 Å². The van der Waals surface area contributed by atoms with Crippen molar-refractivity contribution in [1.29, 1.82) is 0 Å². The molecule has 0 fully saturated rings. The normalized spacial score (nSPS) is 11.5. The molecule has 0 unspecified atom stereocenters. The highest BCUT2D eigenvalue weighted by Crippen LogP contribution is 2.16. The monoisotopic (exact) mass is 304 g/mol. The molecule has 3 N–H and O–H groups in total. The maximum absolute atomic E-state index is 11.4. The minimum Gasteiger partial charge on any atom is -0.444 e. The fourth-order valence-electron chi connectivity index (χ4n) is 1.77. The van der Waals surface area contributed by atoms with E-state index in [2.05, 4.69) is 5.32 Å². The molecule has 1 rings (SSSR count). The van der Waals surface area contributed by atoms with Gasteiger partial charge >= 0.3 is 6.09 Å². The summed E-state index contributed by atoms with van der Waals surface area (Å²) in [6.07, 6.45) is 4.06. The third-order valence-electron chi connectivity index (χ3n) is 2.75. The number of Topliss-reactive ketones (excluding diaryl/α,β-unsaturated/α-hetero) is 1. The molecule has 0 bridgehead atoms. The van der Waals surface area contributed by atoms with E-state index in [-0.39, 0.29) is 5.78 Å². The molecular weight excluding hydrogens is 280 g/mol. The van der Waals surface area contributed by atoms with Crippen LogP contribution < -0.4 is 11.1 Å². The van der Waals surface area contributed by atoms with Crippen molar-refractivity contribution in [2.45, 2.75) is 39.7 Å². The van der Waals surface area contributed by atoms with E-state index in [1.54, 1.807) is 12.1 Å². The van der Waals surface area contributed by atoms with Crippen molar-refractivity contribution in [2.75, 3.05) is 12.3 Å². The fraction of sp³-hybridized carbons (Fsp3) is 0.412. The molecule has 0 spiro atoms. The summed E-state index contributed by atoms with van der Waals surface area (Å²) in [7, 11) is 0. The first-order valence-corrected chi connectivity index (χ1v) is 7.23. The minimum absolute atomic E-state index is 0.0562. The van der Waals surface area contributed by atoms with Gasteiger partial charge in [0.2, 0.25) is 0 Å². The second kappa shape index (κ2) is 7.64. The van der Waals surface area contributed by atoms with Crippen molar-refractivity contribution < 1.29 is 14.3 Å². The molecule has 0 radical (unpaired) electrons. The first-order valence-electron chi connectivity index (χ1n) is 7.23. The average Bonchev–Trinajstić information content (AvgIpc) is 2.37. The zero-order chi connectivity index (χ0) is 16.8. The lowest BCUT2D eigenvalue weighted by atomic mass is 10.1. The molecule has 0 aromatic heterocycles. The van der Waals surface area contributed by atoms with Gasteiger partial charge in [-0.15, -0.1) is 0 Å². The molecular formula is C17H24N2O3. The molecule has 1 aromatic carbocycles. The maximum atomic E-state index is 11.4. The van der Waals surface area contributed by atoms with E-state index < -0.39 is 11.7 Å². The molecule has 0 heterocycles. The lowest BCUT2D eigenvalue weighted by molar-refractivity contribution is 0.0528. The van der Waals surface area contributed by atoms with Gasteiger partial charge in [-0.05, 0) is 51.8 Å². The Morgan fingerprint density at radius 2 is 2.00 bits per heavy atom. The lowest BCUT2D eigenvalue weighted by Crippen LogP contribution is -2.32. The summed E-state index contributed by atoms with van der Waals surface area (Å²) in [6, 6.07) is 5.32. The summed E-state index contributed by atoms with van der Waals surface area (Å²) >= 11 is 0. The molecule has 0 aliphatic carbocycles. The highest BCUT2D eigenvalue weighted by Gasteiger charge is 2.15. The second-order valence-electron chi connectivity index (χ2n) is 6.02. The van der Waals surface area contributed by atoms with Crippen LogP contribution in [0.25, 0.3) is 6.08 Å². The van der Waals surface area contributed by atoms with Gasteiger partial charge in [0.05, 0.1) is 0 Å². The summed E-state index contributed by atoms with van der Waals surface area (Å²) in [5.41, 5.74) is 7.16. The van der Waals surface area contributed by atoms with Gasteiger partial charge in [-0.25, -0.2) is 4.79 Å². The van der Waals surface area contributed by atoms with Crippen LogP contribution in [0.1, 0.15) is 50.0 Å². The van der Waals surface area contributed by atoms with Crippen LogP contribution in [-0.4, -0.2) is 24.0 Å². The lowest BCUT2D eigenvalue weighted by Gasteiger charge is -2.19. The van der Waals surface area contributed by atoms with E-state index in [9.17, 15) is 9.59 Å². The summed E-state index contributed by atoms with van der Waals surface area (Å²) in [5, 5.41) is 2.68. The smallest absolute Gasteiger partial charge is 0.407 e.